The summed E-state index contributed by atoms with van der Waals surface area (Å²) >= 11 is 0. The number of aliphatic hydroxyl groups excluding tert-OH is 1. The average Bonchev–Trinajstić information content (AvgIpc) is 3.09. The molecule has 0 aliphatic carbocycles. The van der Waals surface area contributed by atoms with Crippen molar-refractivity contribution in [3.63, 3.8) is 0 Å². The van der Waals surface area contributed by atoms with Crippen molar-refractivity contribution in [2.75, 3.05) is 40.9 Å². The van der Waals surface area contributed by atoms with E-state index < -0.39 is 39.2 Å². The van der Waals surface area contributed by atoms with E-state index >= 15 is 0 Å². The number of Topliss-reactive ketones (excluding diaryl/α,β-unsaturated/α-hetero) is 1. The maximum absolute atomic E-state index is 13.1. The van der Waals surface area contributed by atoms with Gasteiger partial charge in [-0.3, -0.25) is 18.6 Å². The number of phosphoric ester groups is 1. The quantitative estimate of drug-likeness (QED) is 0.0209. The average molecular weight is 761 g/mol. The van der Waals surface area contributed by atoms with Gasteiger partial charge in [0.15, 0.2) is 11.9 Å². The maximum atomic E-state index is 13.1. The zero-order chi connectivity index (χ0) is 38.8. The fourth-order valence-corrected chi connectivity index (χ4v) is 7.17. The molecule has 0 fully saturated rings. The molecule has 0 amide bonds. The Hall–Kier alpha value is -1.09. The number of ketones is 1. The number of carbonyl (C=O) groups is 2. The lowest BCUT2D eigenvalue weighted by molar-refractivity contribution is -0.872. The van der Waals surface area contributed by atoms with E-state index in [0.29, 0.717) is 17.3 Å². The standard InChI is InChI=1S/C42H82NO8P/c1-6-8-10-12-14-16-18-20-21-23-25-27-29-31-33-35-42(46)50-39(37-44)38-49-52(47,48)51-41(36-43(3,4)5)40(45)34-32-30-28-26-24-22-19-17-15-13-11-9-7-2/h20-21,39,41,44H,6-19,22-38H2,1-5H3/p+1/b21-20-. The second-order valence-electron chi connectivity index (χ2n) is 15.9. The van der Waals surface area contributed by atoms with Crippen LogP contribution < -0.4 is 0 Å². The highest BCUT2D eigenvalue weighted by Gasteiger charge is 2.35. The van der Waals surface area contributed by atoms with Crippen LogP contribution in [0.3, 0.4) is 0 Å². The summed E-state index contributed by atoms with van der Waals surface area (Å²) in [5, 5.41) is 9.72. The van der Waals surface area contributed by atoms with Gasteiger partial charge in [-0.05, 0) is 38.5 Å². The minimum absolute atomic E-state index is 0.208. The number of carbonyl (C=O) groups excluding carboxylic acids is 2. The van der Waals surface area contributed by atoms with Gasteiger partial charge in [-0.1, -0.05) is 154 Å². The first-order valence-corrected chi connectivity index (χ1v) is 22.9. The Balaban J connectivity index is 4.29. The van der Waals surface area contributed by atoms with E-state index in [4.69, 9.17) is 13.8 Å². The van der Waals surface area contributed by atoms with E-state index in [-0.39, 0.29) is 25.2 Å². The van der Waals surface area contributed by atoms with Crippen LogP contribution in [0.25, 0.3) is 0 Å². The Bertz CT molecular complexity index is 922. The van der Waals surface area contributed by atoms with Gasteiger partial charge in [-0.2, -0.15) is 0 Å². The molecule has 308 valence electrons. The summed E-state index contributed by atoms with van der Waals surface area (Å²) in [6.07, 6.45) is 33.7. The van der Waals surface area contributed by atoms with Gasteiger partial charge < -0.3 is 19.2 Å². The summed E-state index contributed by atoms with van der Waals surface area (Å²) < 4.78 is 29.0. The number of nitrogens with zero attached hydrogens (tertiary/aromatic N) is 1. The lowest BCUT2D eigenvalue weighted by Crippen LogP contribution is -2.45. The van der Waals surface area contributed by atoms with Gasteiger partial charge in [0.25, 0.3) is 0 Å². The summed E-state index contributed by atoms with van der Waals surface area (Å²) in [5.41, 5.74) is 0. The number of hydrogen-bond acceptors (Lipinski definition) is 7. The van der Waals surface area contributed by atoms with Gasteiger partial charge in [0.2, 0.25) is 0 Å². The molecule has 0 aromatic rings. The molecule has 0 spiro atoms. The van der Waals surface area contributed by atoms with Crippen molar-refractivity contribution >= 4 is 19.6 Å². The predicted molar refractivity (Wildman–Crippen MR) is 215 cm³/mol. The zero-order valence-corrected chi connectivity index (χ0v) is 35.4. The van der Waals surface area contributed by atoms with Crippen LogP contribution in [-0.2, 0) is 27.9 Å². The summed E-state index contributed by atoms with van der Waals surface area (Å²) in [6.45, 7) is 3.63. The van der Waals surface area contributed by atoms with E-state index in [1.165, 1.54) is 103 Å². The number of aliphatic hydroxyl groups is 1. The molecule has 0 rings (SSSR count). The molecule has 0 aromatic carbocycles. The lowest BCUT2D eigenvalue weighted by atomic mass is 10.0. The van der Waals surface area contributed by atoms with Gasteiger partial charge >= 0.3 is 13.8 Å². The summed E-state index contributed by atoms with van der Waals surface area (Å²) in [6, 6.07) is 0. The Morgan fingerprint density at radius 1 is 0.635 bits per heavy atom. The van der Waals surface area contributed by atoms with Gasteiger partial charge in [0.05, 0.1) is 34.4 Å². The molecular weight excluding hydrogens is 677 g/mol. The van der Waals surface area contributed by atoms with Gasteiger partial charge in [0.1, 0.15) is 12.6 Å². The maximum Gasteiger partial charge on any atom is 0.473 e. The first kappa shape index (κ1) is 50.9. The van der Waals surface area contributed by atoms with Crippen molar-refractivity contribution < 1.29 is 42.4 Å². The fourth-order valence-electron chi connectivity index (χ4n) is 6.25. The Kier molecular flexibility index (Phi) is 33.7. The third-order valence-electron chi connectivity index (χ3n) is 9.43. The Morgan fingerprint density at radius 3 is 1.46 bits per heavy atom. The highest BCUT2D eigenvalue weighted by molar-refractivity contribution is 7.47. The SMILES string of the molecule is CCCCCCCC/C=C\CCCCCCCC(=O)OC(CO)COP(=O)(O)OC(C[N+](C)(C)C)C(=O)CCCCCCCCCCCCCCC. The van der Waals surface area contributed by atoms with Crippen LogP contribution in [0.2, 0.25) is 0 Å². The van der Waals surface area contributed by atoms with Gasteiger partial charge in [-0.25, -0.2) is 4.57 Å². The highest BCUT2D eigenvalue weighted by atomic mass is 31.2. The second kappa shape index (κ2) is 34.4. The lowest BCUT2D eigenvalue weighted by Gasteiger charge is -2.29. The van der Waals surface area contributed by atoms with Crippen LogP contribution in [-0.4, -0.2) is 79.3 Å². The van der Waals surface area contributed by atoms with Crippen molar-refractivity contribution in [1.29, 1.82) is 0 Å². The molecule has 0 bridgehead atoms. The number of phosphoric acid groups is 1. The molecule has 2 N–H and O–H groups in total. The van der Waals surface area contributed by atoms with Crippen molar-refractivity contribution in [2.45, 2.75) is 206 Å². The number of hydrogen-bond donors (Lipinski definition) is 2. The van der Waals surface area contributed by atoms with Crippen LogP contribution in [0.1, 0.15) is 194 Å². The molecule has 9 nitrogen and oxygen atoms in total. The van der Waals surface area contributed by atoms with Crippen LogP contribution in [0.15, 0.2) is 12.2 Å². The van der Waals surface area contributed by atoms with Crippen molar-refractivity contribution in [3.8, 4) is 0 Å². The number of likely N-dealkylation sites (N-methyl/N-ethyl adjacent to an activating group) is 1. The van der Waals surface area contributed by atoms with Crippen LogP contribution >= 0.6 is 7.82 Å². The van der Waals surface area contributed by atoms with Gasteiger partial charge in [0, 0.05) is 12.8 Å². The van der Waals surface area contributed by atoms with E-state index in [0.717, 1.165) is 51.4 Å². The van der Waals surface area contributed by atoms with E-state index in [1.54, 1.807) is 0 Å². The molecule has 0 radical (unpaired) electrons. The number of rotatable bonds is 39. The minimum Gasteiger partial charge on any atom is -0.457 e. The second-order valence-corrected chi connectivity index (χ2v) is 17.3. The van der Waals surface area contributed by atoms with Crippen LogP contribution in [0, 0.1) is 0 Å². The van der Waals surface area contributed by atoms with E-state index in [2.05, 4.69) is 26.0 Å². The number of ether oxygens (including phenoxy) is 1. The number of quaternary nitrogens is 1. The summed E-state index contributed by atoms with van der Waals surface area (Å²) in [4.78, 5) is 35.9. The number of esters is 1. The molecule has 0 saturated heterocycles. The fraction of sp³-hybridized carbons (Fsp3) is 0.905. The number of unbranched alkanes of at least 4 members (excludes halogenated alkanes) is 23. The molecule has 0 heterocycles. The largest absolute Gasteiger partial charge is 0.473 e. The monoisotopic (exact) mass is 761 g/mol. The van der Waals surface area contributed by atoms with E-state index in [9.17, 15) is 24.2 Å². The van der Waals surface area contributed by atoms with Gasteiger partial charge in [-0.15, -0.1) is 0 Å². The minimum atomic E-state index is -4.66. The molecular formula is C42H83NO8P+. The Labute approximate surface area is 320 Å². The molecule has 0 saturated carbocycles. The molecule has 3 unspecified atom stereocenters. The van der Waals surface area contributed by atoms with Crippen molar-refractivity contribution in [2.24, 2.45) is 0 Å². The van der Waals surface area contributed by atoms with Crippen LogP contribution in [0.4, 0.5) is 0 Å². The predicted octanol–water partition coefficient (Wildman–Crippen LogP) is 11.2. The Morgan fingerprint density at radius 2 is 1.04 bits per heavy atom. The molecule has 0 aliphatic rings. The van der Waals surface area contributed by atoms with Crippen molar-refractivity contribution in [3.05, 3.63) is 12.2 Å². The first-order valence-electron chi connectivity index (χ1n) is 21.4. The molecule has 52 heavy (non-hydrogen) atoms. The third-order valence-corrected chi connectivity index (χ3v) is 10.4. The number of allylic oxidation sites excluding steroid dienone is 2. The highest BCUT2D eigenvalue weighted by Crippen LogP contribution is 2.45. The molecule has 0 aromatic heterocycles. The normalized spacial score (nSPS) is 14.4. The van der Waals surface area contributed by atoms with Crippen molar-refractivity contribution in [1.82, 2.24) is 0 Å². The van der Waals surface area contributed by atoms with E-state index in [1.807, 2.05) is 21.1 Å². The summed E-state index contributed by atoms with van der Waals surface area (Å²) in [7, 11) is 0.990. The third kappa shape index (κ3) is 34.7. The summed E-state index contributed by atoms with van der Waals surface area (Å²) in [5.74, 6) is -0.705. The molecule has 0 aliphatic heterocycles. The first-order chi connectivity index (χ1) is 24.9. The smallest absolute Gasteiger partial charge is 0.457 e. The molecule has 10 heteroatoms. The van der Waals surface area contributed by atoms with Crippen LogP contribution in [0.5, 0.6) is 0 Å². The zero-order valence-electron chi connectivity index (χ0n) is 34.5. The topological polar surface area (TPSA) is 119 Å². The molecule has 3 atom stereocenters.